The van der Waals surface area contributed by atoms with Crippen LogP contribution in [0.25, 0.3) is 0 Å². The molecule has 1 atom stereocenters. The van der Waals surface area contributed by atoms with Crippen molar-refractivity contribution < 1.29 is 19.5 Å². The van der Waals surface area contributed by atoms with Crippen molar-refractivity contribution in [2.75, 3.05) is 39.9 Å². The Labute approximate surface area is 242 Å². The first-order valence-corrected chi connectivity index (χ1v) is 14.6. The molecule has 3 aromatic rings. The van der Waals surface area contributed by atoms with Gasteiger partial charge in [0.1, 0.15) is 17.5 Å². The number of carbonyl (C=O) groups is 1. The van der Waals surface area contributed by atoms with Crippen LogP contribution >= 0.6 is 0 Å². The van der Waals surface area contributed by atoms with Crippen LogP contribution in [-0.4, -0.2) is 76.9 Å². The summed E-state index contributed by atoms with van der Waals surface area (Å²) in [6.07, 6.45) is 7.61. The van der Waals surface area contributed by atoms with Crippen molar-refractivity contribution >= 4 is 5.91 Å². The number of aryl methyl sites for hydroxylation is 1. The van der Waals surface area contributed by atoms with Crippen molar-refractivity contribution in [3.05, 3.63) is 83.4 Å². The molecule has 1 aromatic carbocycles. The molecule has 3 saturated heterocycles. The summed E-state index contributed by atoms with van der Waals surface area (Å²) in [6, 6.07) is 15.6. The average Bonchev–Trinajstić information content (AvgIpc) is 3.39. The molecule has 3 aliphatic heterocycles. The molecule has 218 valence electrons. The fourth-order valence-electron chi connectivity index (χ4n) is 5.72. The van der Waals surface area contributed by atoms with Gasteiger partial charge in [0.15, 0.2) is 0 Å². The molecule has 41 heavy (non-hydrogen) atoms. The number of benzene rings is 1. The van der Waals surface area contributed by atoms with Gasteiger partial charge < -0.3 is 15.2 Å². The van der Waals surface area contributed by atoms with E-state index in [0.29, 0.717) is 25.0 Å². The van der Waals surface area contributed by atoms with Crippen molar-refractivity contribution in [3.63, 3.8) is 0 Å². The number of ether oxygens (including phenoxy) is 1. The largest absolute Gasteiger partial charge is 0.506 e. The van der Waals surface area contributed by atoms with Crippen molar-refractivity contribution in [2.45, 2.75) is 57.0 Å². The molecule has 5 heterocycles. The summed E-state index contributed by atoms with van der Waals surface area (Å²) in [5.41, 5.74) is 4.50. The number of hydroxylamine groups is 2. The number of nitrogens with zero attached hydrogens (tertiary/aromatic N) is 4. The highest BCUT2D eigenvalue weighted by atomic mass is 16.7. The van der Waals surface area contributed by atoms with E-state index in [2.05, 4.69) is 45.3 Å². The second kappa shape index (κ2) is 13.9. The molecule has 0 bridgehead atoms. The first-order valence-electron chi connectivity index (χ1n) is 14.6. The Morgan fingerprint density at radius 2 is 1.59 bits per heavy atom. The molecule has 3 fully saturated rings. The summed E-state index contributed by atoms with van der Waals surface area (Å²) >= 11 is 0. The van der Waals surface area contributed by atoms with Crippen molar-refractivity contribution in [3.8, 4) is 11.5 Å². The number of aromatic hydroxyl groups is 1. The van der Waals surface area contributed by atoms with E-state index in [0.717, 1.165) is 56.0 Å². The third-order valence-electron chi connectivity index (χ3n) is 8.28. The zero-order chi connectivity index (χ0) is 28.6. The number of rotatable bonds is 6. The Hall–Kier alpha value is -3.53. The molecule has 1 unspecified atom stereocenters. The van der Waals surface area contributed by atoms with E-state index in [1.807, 2.05) is 24.3 Å². The normalized spacial score (nSPS) is 20.5. The lowest BCUT2D eigenvalue weighted by molar-refractivity contribution is -0.164. The maximum Gasteiger partial charge on any atom is 0.266 e. The number of amides is 1. The Morgan fingerprint density at radius 1 is 0.927 bits per heavy atom. The van der Waals surface area contributed by atoms with Crippen molar-refractivity contribution in [2.24, 2.45) is 0 Å². The minimum Gasteiger partial charge on any atom is -0.506 e. The van der Waals surface area contributed by atoms with E-state index in [4.69, 9.17) is 9.57 Å². The van der Waals surface area contributed by atoms with Gasteiger partial charge in [0.2, 0.25) is 0 Å². The lowest BCUT2D eigenvalue weighted by atomic mass is 9.92. The summed E-state index contributed by atoms with van der Waals surface area (Å²) in [4.78, 5) is 29.5. The van der Waals surface area contributed by atoms with Crippen LogP contribution in [-0.2, 0) is 16.2 Å². The van der Waals surface area contributed by atoms with Crippen LogP contribution in [0.5, 0.6) is 11.5 Å². The van der Waals surface area contributed by atoms with E-state index < -0.39 is 0 Å². The molecule has 9 heteroatoms. The summed E-state index contributed by atoms with van der Waals surface area (Å²) in [5.74, 6) is 2.09. The highest BCUT2D eigenvalue weighted by Gasteiger charge is 2.39. The van der Waals surface area contributed by atoms with Crippen LogP contribution in [0.1, 0.15) is 60.0 Å². The van der Waals surface area contributed by atoms with Crippen LogP contribution in [0.3, 0.4) is 0 Å². The second-order valence-corrected chi connectivity index (χ2v) is 11.1. The highest BCUT2D eigenvalue weighted by molar-refractivity contribution is 5.82. The van der Waals surface area contributed by atoms with Gasteiger partial charge >= 0.3 is 0 Å². The second-order valence-electron chi connectivity index (χ2n) is 11.1. The van der Waals surface area contributed by atoms with E-state index in [1.54, 1.807) is 19.4 Å². The number of pyridine rings is 2. The topological polar surface area (TPSA) is 100 Å². The number of piperidine rings is 2. The van der Waals surface area contributed by atoms with E-state index >= 15 is 0 Å². The molecule has 6 rings (SSSR count). The van der Waals surface area contributed by atoms with E-state index in [1.165, 1.54) is 35.4 Å². The molecular formula is C32H41N5O4. The molecule has 3 aliphatic rings. The van der Waals surface area contributed by atoms with Gasteiger partial charge in [-0.25, -0.2) is 5.06 Å². The van der Waals surface area contributed by atoms with Crippen molar-refractivity contribution in [1.29, 1.82) is 0 Å². The molecule has 0 saturated carbocycles. The third kappa shape index (κ3) is 7.61. The number of hydrogen-bond acceptors (Lipinski definition) is 8. The quantitative estimate of drug-likeness (QED) is 0.464. The van der Waals surface area contributed by atoms with Gasteiger partial charge in [-0.15, -0.1) is 0 Å². The van der Waals surface area contributed by atoms with Gasteiger partial charge in [-0.2, -0.15) is 0 Å². The van der Waals surface area contributed by atoms with Crippen molar-refractivity contribution in [1.82, 2.24) is 25.2 Å². The van der Waals surface area contributed by atoms with Gasteiger partial charge in [-0.1, -0.05) is 29.8 Å². The van der Waals surface area contributed by atoms with Crippen LogP contribution < -0.4 is 10.1 Å². The van der Waals surface area contributed by atoms with Gasteiger partial charge in [0.05, 0.1) is 32.7 Å². The molecule has 0 spiro atoms. The standard InChI is InChI=1S/C21H25N3O3.C11H16N2O/c1-15-2-4-16(5-3-15)13-24-21(26)20(14-27-24)23-10-8-17(9-11-23)19-7-6-18(25)12-22-19;1-14-10-2-3-11(13-8-10)9-4-6-12-7-5-9/h2-7,12,17,20,25H,8-11,13-14H2,1H3;2-3,8-9,12H,4-7H2,1H3. The number of nitrogens with one attached hydrogen (secondary N) is 1. The number of likely N-dealkylation sites (tertiary alicyclic amines) is 1. The molecule has 0 aliphatic carbocycles. The number of hydrogen-bond donors (Lipinski definition) is 2. The van der Waals surface area contributed by atoms with Crippen LogP contribution in [0, 0.1) is 6.92 Å². The number of methoxy groups -OCH3 is 1. The molecule has 0 radical (unpaired) electrons. The van der Waals surface area contributed by atoms with Crippen LogP contribution in [0.15, 0.2) is 60.9 Å². The molecule has 2 aromatic heterocycles. The minimum atomic E-state index is -0.191. The van der Waals surface area contributed by atoms with Gasteiger partial charge in [0, 0.05) is 23.2 Å². The lowest BCUT2D eigenvalue weighted by Crippen LogP contribution is -2.46. The SMILES string of the molecule is COc1ccc(C2CCNCC2)nc1.Cc1ccc(CN2OCC(N3CCC(c4ccc(O)cn4)CC3)C2=O)cc1. The van der Waals surface area contributed by atoms with E-state index in [9.17, 15) is 9.90 Å². The average molecular weight is 560 g/mol. The number of carbonyl (C=O) groups excluding carboxylic acids is 1. The van der Waals surface area contributed by atoms with Crippen LogP contribution in [0.2, 0.25) is 0 Å². The Bertz CT molecular complexity index is 1240. The molecule has 9 nitrogen and oxygen atoms in total. The molecular weight excluding hydrogens is 518 g/mol. The monoisotopic (exact) mass is 559 g/mol. The summed E-state index contributed by atoms with van der Waals surface area (Å²) < 4.78 is 5.08. The Balaban J connectivity index is 0.000000202. The first kappa shape index (κ1) is 29.0. The minimum absolute atomic E-state index is 0.0526. The molecule has 1 amide bonds. The zero-order valence-corrected chi connectivity index (χ0v) is 24.0. The summed E-state index contributed by atoms with van der Waals surface area (Å²) in [6.45, 7) is 6.89. The maximum absolute atomic E-state index is 12.8. The predicted octanol–water partition coefficient (Wildman–Crippen LogP) is 4.17. The Morgan fingerprint density at radius 3 is 2.20 bits per heavy atom. The fourth-order valence-corrected chi connectivity index (χ4v) is 5.72. The van der Waals surface area contributed by atoms with Crippen LogP contribution in [0.4, 0.5) is 0 Å². The van der Waals surface area contributed by atoms with Gasteiger partial charge in [0.25, 0.3) is 5.91 Å². The summed E-state index contributed by atoms with van der Waals surface area (Å²) in [7, 11) is 1.67. The fraction of sp³-hybridized carbons (Fsp3) is 0.469. The summed E-state index contributed by atoms with van der Waals surface area (Å²) in [5, 5.41) is 14.2. The lowest BCUT2D eigenvalue weighted by Gasteiger charge is -2.34. The first-order chi connectivity index (χ1) is 20.0. The van der Waals surface area contributed by atoms with Gasteiger partial charge in [-0.3, -0.25) is 24.5 Å². The smallest absolute Gasteiger partial charge is 0.266 e. The Kier molecular flexibility index (Phi) is 9.82. The highest BCUT2D eigenvalue weighted by Crippen LogP contribution is 2.30. The molecule has 2 N–H and O–H groups in total. The van der Waals surface area contributed by atoms with Gasteiger partial charge in [-0.05, 0) is 88.6 Å². The number of aromatic nitrogens is 2. The zero-order valence-electron chi connectivity index (χ0n) is 24.0. The maximum atomic E-state index is 12.8. The van der Waals surface area contributed by atoms with E-state index in [-0.39, 0.29) is 17.7 Å². The predicted molar refractivity (Wildman–Crippen MR) is 157 cm³/mol. The third-order valence-corrected chi connectivity index (χ3v) is 8.28.